The van der Waals surface area contributed by atoms with Crippen molar-refractivity contribution in [3.63, 3.8) is 0 Å². The number of carboxylic acids is 1. The standard InChI is InChI=1S/C14H20O4/c1-8-9-5-6-14(4,12(16)17)18-10(9)7-13(2,3)11(8)15/h7,11,15H,5-6H2,1-4H3,(H,16,17). The molecule has 0 amide bonds. The molecule has 2 unspecified atom stereocenters. The van der Waals surface area contributed by atoms with Crippen molar-refractivity contribution in [1.29, 1.82) is 0 Å². The summed E-state index contributed by atoms with van der Waals surface area (Å²) in [6.45, 7) is 7.32. The normalized spacial score (nSPS) is 34.5. The first-order valence-corrected chi connectivity index (χ1v) is 6.21. The SMILES string of the molecule is CC1=C2CCC(C)(C(=O)O)OC2=CC(C)(C)C1O. The van der Waals surface area contributed by atoms with Gasteiger partial charge in [-0.3, -0.25) is 0 Å². The van der Waals surface area contributed by atoms with Crippen molar-refractivity contribution >= 4 is 5.97 Å². The van der Waals surface area contributed by atoms with E-state index in [1.54, 1.807) is 6.92 Å². The van der Waals surface area contributed by atoms with Gasteiger partial charge in [-0.2, -0.15) is 0 Å². The Morgan fingerprint density at radius 3 is 2.61 bits per heavy atom. The number of carboxylic acid groups (broad SMARTS) is 1. The first-order valence-electron chi connectivity index (χ1n) is 6.21. The lowest BCUT2D eigenvalue weighted by atomic mass is 9.74. The van der Waals surface area contributed by atoms with Crippen molar-refractivity contribution in [2.24, 2.45) is 5.41 Å². The highest BCUT2D eigenvalue weighted by molar-refractivity contribution is 5.77. The van der Waals surface area contributed by atoms with Gasteiger partial charge in [-0.15, -0.1) is 0 Å². The third-order valence-electron chi connectivity index (χ3n) is 4.03. The molecule has 1 aliphatic carbocycles. The molecule has 1 fully saturated rings. The van der Waals surface area contributed by atoms with Crippen LogP contribution in [0.4, 0.5) is 0 Å². The third kappa shape index (κ3) is 1.85. The largest absolute Gasteiger partial charge is 0.478 e. The van der Waals surface area contributed by atoms with Crippen LogP contribution in [0.2, 0.25) is 0 Å². The smallest absolute Gasteiger partial charge is 0.347 e. The second-order valence-electron chi connectivity index (χ2n) is 6.03. The summed E-state index contributed by atoms with van der Waals surface area (Å²) in [5, 5.41) is 19.4. The first kappa shape index (κ1) is 13.1. The highest BCUT2D eigenvalue weighted by Crippen LogP contribution is 2.44. The second kappa shape index (κ2) is 3.85. The first-order chi connectivity index (χ1) is 8.17. The molecule has 0 saturated carbocycles. The van der Waals surface area contributed by atoms with Crippen molar-refractivity contribution in [3.8, 4) is 0 Å². The number of fused-ring (bicyclic) bond motifs is 1. The molecule has 2 N–H and O–H groups in total. The van der Waals surface area contributed by atoms with E-state index < -0.39 is 23.1 Å². The number of hydrogen-bond donors (Lipinski definition) is 2. The van der Waals surface area contributed by atoms with Gasteiger partial charge in [0, 0.05) is 11.8 Å². The summed E-state index contributed by atoms with van der Waals surface area (Å²) >= 11 is 0. The summed E-state index contributed by atoms with van der Waals surface area (Å²) in [4.78, 5) is 11.2. The fourth-order valence-corrected chi connectivity index (χ4v) is 2.64. The molecule has 2 aliphatic rings. The molecule has 0 aromatic rings. The van der Waals surface area contributed by atoms with Crippen LogP contribution in [0.15, 0.2) is 23.0 Å². The average molecular weight is 252 g/mol. The van der Waals surface area contributed by atoms with Crippen LogP contribution in [-0.4, -0.2) is 27.9 Å². The fraction of sp³-hybridized carbons (Fsp3) is 0.643. The number of aliphatic hydroxyl groups excluding tert-OH is 1. The zero-order valence-electron chi connectivity index (χ0n) is 11.3. The molecule has 1 saturated heterocycles. The van der Waals surface area contributed by atoms with Crippen LogP contribution in [0.5, 0.6) is 0 Å². The molecule has 18 heavy (non-hydrogen) atoms. The predicted molar refractivity (Wildman–Crippen MR) is 66.9 cm³/mol. The molecule has 2 atom stereocenters. The zero-order valence-corrected chi connectivity index (χ0v) is 11.3. The molecule has 0 bridgehead atoms. The minimum absolute atomic E-state index is 0.430. The highest BCUT2D eigenvalue weighted by atomic mass is 16.5. The average Bonchev–Trinajstić information content (AvgIpc) is 2.25. The molecule has 2 rings (SSSR count). The van der Waals surface area contributed by atoms with Gasteiger partial charge < -0.3 is 14.9 Å². The maximum absolute atomic E-state index is 11.2. The van der Waals surface area contributed by atoms with Crippen LogP contribution >= 0.6 is 0 Å². The molecule has 0 spiro atoms. The van der Waals surface area contributed by atoms with Gasteiger partial charge in [-0.05, 0) is 37.5 Å². The number of aliphatic hydroxyl groups is 1. The monoisotopic (exact) mass is 252 g/mol. The minimum atomic E-state index is -1.16. The number of rotatable bonds is 1. The lowest BCUT2D eigenvalue weighted by Gasteiger charge is -2.41. The molecule has 1 heterocycles. The topological polar surface area (TPSA) is 66.8 Å². The van der Waals surface area contributed by atoms with Gasteiger partial charge in [0.25, 0.3) is 0 Å². The van der Waals surface area contributed by atoms with Crippen LogP contribution < -0.4 is 0 Å². The van der Waals surface area contributed by atoms with Crippen LogP contribution in [0, 0.1) is 5.41 Å². The van der Waals surface area contributed by atoms with Crippen molar-refractivity contribution in [1.82, 2.24) is 0 Å². The van der Waals surface area contributed by atoms with E-state index in [2.05, 4.69) is 0 Å². The van der Waals surface area contributed by atoms with E-state index in [1.165, 1.54) is 0 Å². The van der Waals surface area contributed by atoms with Crippen LogP contribution in [0.3, 0.4) is 0 Å². The predicted octanol–water partition coefficient (Wildman–Crippen LogP) is 2.24. The van der Waals surface area contributed by atoms with Crippen LogP contribution in [0.25, 0.3) is 0 Å². The van der Waals surface area contributed by atoms with Gasteiger partial charge in [0.15, 0.2) is 0 Å². The Morgan fingerprint density at radius 2 is 2.06 bits per heavy atom. The summed E-state index contributed by atoms with van der Waals surface area (Å²) in [5.41, 5.74) is 0.263. The molecule has 100 valence electrons. The van der Waals surface area contributed by atoms with E-state index >= 15 is 0 Å². The Kier molecular flexibility index (Phi) is 2.81. The maximum atomic E-state index is 11.2. The van der Waals surface area contributed by atoms with Gasteiger partial charge in [0.1, 0.15) is 5.76 Å². The number of aliphatic carboxylic acids is 1. The van der Waals surface area contributed by atoms with Crippen LogP contribution in [0.1, 0.15) is 40.5 Å². The molecule has 0 radical (unpaired) electrons. The Balaban J connectivity index is 2.41. The molecular formula is C14H20O4. The van der Waals surface area contributed by atoms with E-state index in [9.17, 15) is 15.0 Å². The van der Waals surface area contributed by atoms with E-state index in [1.807, 2.05) is 26.8 Å². The lowest BCUT2D eigenvalue weighted by molar-refractivity contribution is -0.161. The summed E-state index contributed by atoms with van der Waals surface area (Å²) in [6, 6.07) is 0. The minimum Gasteiger partial charge on any atom is -0.478 e. The summed E-state index contributed by atoms with van der Waals surface area (Å²) in [6.07, 6.45) is 2.38. The van der Waals surface area contributed by atoms with Gasteiger partial charge >= 0.3 is 5.97 Å². The number of ether oxygens (including phenoxy) is 1. The van der Waals surface area contributed by atoms with Gasteiger partial charge in [0.2, 0.25) is 5.60 Å². The third-order valence-corrected chi connectivity index (χ3v) is 4.03. The highest BCUT2D eigenvalue weighted by Gasteiger charge is 2.44. The van der Waals surface area contributed by atoms with Crippen LogP contribution in [-0.2, 0) is 9.53 Å². The fourth-order valence-electron chi connectivity index (χ4n) is 2.64. The Bertz CT molecular complexity index is 458. The molecule has 4 nitrogen and oxygen atoms in total. The number of carbonyl (C=O) groups is 1. The number of hydrogen-bond acceptors (Lipinski definition) is 3. The molecular weight excluding hydrogens is 232 g/mol. The van der Waals surface area contributed by atoms with Crippen molar-refractivity contribution in [2.45, 2.75) is 52.2 Å². The van der Waals surface area contributed by atoms with Crippen molar-refractivity contribution in [2.75, 3.05) is 0 Å². The second-order valence-corrected chi connectivity index (χ2v) is 6.03. The molecule has 0 aromatic carbocycles. The summed E-state index contributed by atoms with van der Waals surface area (Å²) < 4.78 is 5.69. The maximum Gasteiger partial charge on any atom is 0.347 e. The summed E-state index contributed by atoms with van der Waals surface area (Å²) in [7, 11) is 0. The van der Waals surface area contributed by atoms with Crippen molar-refractivity contribution < 1.29 is 19.7 Å². The Morgan fingerprint density at radius 1 is 1.44 bits per heavy atom. The molecule has 4 heteroatoms. The quantitative estimate of drug-likeness (QED) is 0.751. The van der Waals surface area contributed by atoms with Crippen molar-refractivity contribution in [3.05, 3.63) is 23.0 Å². The number of allylic oxidation sites excluding steroid dienone is 1. The van der Waals surface area contributed by atoms with E-state index in [0.717, 1.165) is 11.1 Å². The Labute approximate surface area is 107 Å². The lowest BCUT2D eigenvalue weighted by Crippen LogP contribution is -2.43. The van der Waals surface area contributed by atoms with E-state index in [0.29, 0.717) is 18.6 Å². The van der Waals surface area contributed by atoms with E-state index in [-0.39, 0.29) is 0 Å². The zero-order chi connectivity index (χ0) is 13.7. The summed E-state index contributed by atoms with van der Waals surface area (Å²) in [5.74, 6) is -0.317. The van der Waals surface area contributed by atoms with Gasteiger partial charge in [-0.25, -0.2) is 4.79 Å². The Hall–Kier alpha value is -1.29. The van der Waals surface area contributed by atoms with Gasteiger partial charge in [-0.1, -0.05) is 13.8 Å². The van der Waals surface area contributed by atoms with Gasteiger partial charge in [0.05, 0.1) is 6.10 Å². The molecule has 1 aliphatic heterocycles. The van der Waals surface area contributed by atoms with E-state index in [4.69, 9.17) is 4.74 Å². The molecule has 0 aromatic heterocycles.